The molecule has 0 bridgehead atoms. The second-order valence-corrected chi connectivity index (χ2v) is 5.48. The van der Waals surface area contributed by atoms with E-state index in [1.807, 2.05) is 0 Å². The first-order valence-corrected chi connectivity index (χ1v) is 7.03. The SMILES string of the molecule is C=C(C)C(=O)Oc1c(Cl)cc(OC(C)=O)c2cc(Cl)ccc12. The summed E-state index contributed by atoms with van der Waals surface area (Å²) in [5.41, 5.74) is 0.238. The average Bonchev–Trinajstić information content (AvgIpc) is 2.42. The molecule has 6 heteroatoms. The Morgan fingerprint density at radius 3 is 2.32 bits per heavy atom. The van der Waals surface area contributed by atoms with Crippen molar-refractivity contribution in [2.75, 3.05) is 0 Å². The van der Waals surface area contributed by atoms with E-state index >= 15 is 0 Å². The van der Waals surface area contributed by atoms with Crippen molar-refractivity contribution in [2.45, 2.75) is 13.8 Å². The van der Waals surface area contributed by atoms with Crippen LogP contribution >= 0.6 is 23.2 Å². The minimum atomic E-state index is -0.599. The van der Waals surface area contributed by atoms with E-state index in [0.717, 1.165) is 0 Å². The molecule has 114 valence electrons. The van der Waals surface area contributed by atoms with Gasteiger partial charge in [0.15, 0.2) is 5.75 Å². The summed E-state index contributed by atoms with van der Waals surface area (Å²) >= 11 is 12.1. The van der Waals surface area contributed by atoms with E-state index in [1.54, 1.807) is 18.2 Å². The summed E-state index contributed by atoms with van der Waals surface area (Å²) in [5, 5.41) is 1.60. The van der Waals surface area contributed by atoms with Crippen molar-refractivity contribution in [1.82, 2.24) is 0 Å². The minimum Gasteiger partial charge on any atom is -0.426 e. The van der Waals surface area contributed by atoms with Gasteiger partial charge in [0.1, 0.15) is 5.75 Å². The molecule has 0 fully saturated rings. The van der Waals surface area contributed by atoms with Gasteiger partial charge in [-0.15, -0.1) is 0 Å². The molecule has 0 spiro atoms. The van der Waals surface area contributed by atoms with E-state index in [0.29, 0.717) is 15.8 Å². The summed E-state index contributed by atoms with van der Waals surface area (Å²) in [6, 6.07) is 6.26. The fourth-order valence-corrected chi connectivity index (χ4v) is 2.24. The van der Waals surface area contributed by atoms with Gasteiger partial charge in [-0.1, -0.05) is 29.8 Å². The molecule has 0 saturated heterocycles. The van der Waals surface area contributed by atoms with Crippen LogP contribution in [0.4, 0.5) is 0 Å². The van der Waals surface area contributed by atoms with Crippen LogP contribution in [0.2, 0.25) is 10.0 Å². The molecule has 0 aliphatic heterocycles. The second-order valence-electron chi connectivity index (χ2n) is 4.64. The van der Waals surface area contributed by atoms with Crippen LogP contribution in [-0.4, -0.2) is 11.9 Å². The highest BCUT2D eigenvalue weighted by Crippen LogP contribution is 2.41. The molecule has 2 rings (SSSR count). The maximum Gasteiger partial charge on any atom is 0.338 e. The standard InChI is InChI=1S/C16H12Cl2O4/c1-8(2)16(20)22-15-11-5-4-10(17)6-12(11)14(7-13(15)18)21-9(3)19/h4-7H,1H2,2-3H3. The summed E-state index contributed by atoms with van der Waals surface area (Å²) in [5.74, 6) is -0.690. The Bertz CT molecular complexity index is 796. The molecule has 2 aromatic rings. The van der Waals surface area contributed by atoms with Crippen molar-refractivity contribution < 1.29 is 19.1 Å². The summed E-state index contributed by atoms with van der Waals surface area (Å²) < 4.78 is 10.4. The van der Waals surface area contributed by atoms with Gasteiger partial charge in [-0.2, -0.15) is 0 Å². The fraction of sp³-hybridized carbons (Fsp3) is 0.125. The Balaban J connectivity index is 2.68. The lowest BCUT2D eigenvalue weighted by molar-refractivity contribution is -0.132. The average molecular weight is 339 g/mol. The molecule has 0 aliphatic rings. The largest absolute Gasteiger partial charge is 0.426 e. The lowest BCUT2D eigenvalue weighted by atomic mass is 10.1. The summed E-state index contributed by atoms with van der Waals surface area (Å²) in [6.07, 6.45) is 0. The zero-order valence-electron chi connectivity index (χ0n) is 11.9. The third kappa shape index (κ3) is 3.40. The Labute approximate surface area is 137 Å². The number of hydrogen-bond acceptors (Lipinski definition) is 4. The van der Waals surface area contributed by atoms with Gasteiger partial charge in [0.05, 0.1) is 5.02 Å². The van der Waals surface area contributed by atoms with E-state index in [9.17, 15) is 9.59 Å². The van der Waals surface area contributed by atoms with E-state index in [4.69, 9.17) is 32.7 Å². The quantitative estimate of drug-likeness (QED) is 0.468. The van der Waals surface area contributed by atoms with Crippen LogP contribution in [0, 0.1) is 0 Å². The molecule has 0 saturated carbocycles. The summed E-state index contributed by atoms with van der Waals surface area (Å²) in [4.78, 5) is 23.0. The molecule has 0 unspecified atom stereocenters. The minimum absolute atomic E-state index is 0.140. The first-order chi connectivity index (χ1) is 10.3. The molecule has 0 N–H and O–H groups in total. The second kappa shape index (κ2) is 6.38. The molecular formula is C16H12Cl2O4. The van der Waals surface area contributed by atoms with Crippen LogP contribution in [-0.2, 0) is 9.59 Å². The Morgan fingerprint density at radius 1 is 1.05 bits per heavy atom. The van der Waals surface area contributed by atoms with Crippen LogP contribution in [0.25, 0.3) is 10.8 Å². The van der Waals surface area contributed by atoms with E-state index in [2.05, 4.69) is 6.58 Å². The lowest BCUT2D eigenvalue weighted by Crippen LogP contribution is -2.09. The Kier molecular flexibility index (Phi) is 4.74. The maximum atomic E-state index is 11.7. The third-order valence-corrected chi connectivity index (χ3v) is 3.28. The number of halogens is 2. The first-order valence-electron chi connectivity index (χ1n) is 6.27. The monoisotopic (exact) mass is 338 g/mol. The Morgan fingerprint density at radius 2 is 1.73 bits per heavy atom. The lowest BCUT2D eigenvalue weighted by Gasteiger charge is -2.13. The summed E-state index contributed by atoms with van der Waals surface area (Å²) in [7, 11) is 0. The molecule has 0 aliphatic carbocycles. The number of ether oxygens (including phenoxy) is 2. The van der Waals surface area contributed by atoms with Gasteiger partial charge in [-0.25, -0.2) is 4.79 Å². The number of fused-ring (bicyclic) bond motifs is 1. The molecule has 0 radical (unpaired) electrons. The number of rotatable bonds is 3. The van der Waals surface area contributed by atoms with Crippen LogP contribution < -0.4 is 9.47 Å². The molecule has 0 atom stereocenters. The zero-order valence-corrected chi connectivity index (χ0v) is 13.4. The van der Waals surface area contributed by atoms with Crippen molar-refractivity contribution >= 4 is 45.9 Å². The number of carbonyl (C=O) groups is 2. The highest BCUT2D eigenvalue weighted by Gasteiger charge is 2.17. The van der Waals surface area contributed by atoms with Crippen molar-refractivity contribution in [3.05, 3.63) is 46.5 Å². The van der Waals surface area contributed by atoms with Crippen LogP contribution in [0.3, 0.4) is 0 Å². The normalized spacial score (nSPS) is 10.4. The Hall–Kier alpha value is -2.04. The molecular weight excluding hydrogens is 327 g/mol. The van der Waals surface area contributed by atoms with Crippen molar-refractivity contribution in [3.63, 3.8) is 0 Å². The highest BCUT2D eigenvalue weighted by atomic mass is 35.5. The van der Waals surface area contributed by atoms with Gasteiger partial charge in [0.25, 0.3) is 0 Å². The molecule has 0 heterocycles. The topological polar surface area (TPSA) is 52.6 Å². The van der Waals surface area contributed by atoms with Gasteiger partial charge in [-0.05, 0) is 25.1 Å². The predicted molar refractivity (Wildman–Crippen MR) is 85.7 cm³/mol. The van der Waals surface area contributed by atoms with Crippen LogP contribution in [0.1, 0.15) is 13.8 Å². The van der Waals surface area contributed by atoms with Gasteiger partial charge >= 0.3 is 11.9 Å². The van der Waals surface area contributed by atoms with E-state index in [-0.39, 0.29) is 22.1 Å². The van der Waals surface area contributed by atoms with Crippen molar-refractivity contribution in [1.29, 1.82) is 0 Å². The molecule has 22 heavy (non-hydrogen) atoms. The smallest absolute Gasteiger partial charge is 0.338 e. The van der Waals surface area contributed by atoms with Crippen molar-refractivity contribution in [2.24, 2.45) is 0 Å². The molecule has 0 aromatic heterocycles. The molecule has 4 nitrogen and oxygen atoms in total. The third-order valence-electron chi connectivity index (χ3n) is 2.76. The maximum absolute atomic E-state index is 11.7. The number of esters is 2. The number of carbonyl (C=O) groups excluding carboxylic acids is 2. The first kappa shape index (κ1) is 16.3. The van der Waals surface area contributed by atoms with Crippen molar-refractivity contribution in [3.8, 4) is 11.5 Å². The number of benzene rings is 2. The van der Waals surface area contributed by atoms with Gasteiger partial charge in [-0.3, -0.25) is 4.79 Å². The van der Waals surface area contributed by atoms with Gasteiger partial charge < -0.3 is 9.47 Å². The zero-order chi connectivity index (χ0) is 16.4. The molecule has 0 amide bonds. The highest BCUT2D eigenvalue weighted by molar-refractivity contribution is 6.34. The summed E-state index contributed by atoms with van der Waals surface area (Å²) in [6.45, 7) is 6.33. The van der Waals surface area contributed by atoms with Crippen LogP contribution in [0.5, 0.6) is 11.5 Å². The van der Waals surface area contributed by atoms with Gasteiger partial charge in [0.2, 0.25) is 0 Å². The number of hydrogen-bond donors (Lipinski definition) is 0. The van der Waals surface area contributed by atoms with E-state index < -0.39 is 11.9 Å². The van der Waals surface area contributed by atoms with E-state index in [1.165, 1.54) is 19.9 Å². The predicted octanol–water partition coefficient (Wildman–Crippen LogP) is 4.55. The van der Waals surface area contributed by atoms with Crippen LogP contribution in [0.15, 0.2) is 36.4 Å². The van der Waals surface area contributed by atoms with Gasteiger partial charge in [0, 0.05) is 34.4 Å². The fourth-order valence-electron chi connectivity index (χ4n) is 1.83. The molecule has 2 aromatic carbocycles.